The van der Waals surface area contributed by atoms with Gasteiger partial charge in [0, 0.05) is 24.5 Å². The second kappa shape index (κ2) is 15.1. The SMILES string of the molecule is CCNC(=O)[C@H](Cc1ccccc1)N(Cc1ccc(Cl)c(Cl)c1)C(=O)CN(c1ccc(Cl)cc1Cl)S(=O)(=O)c1ccccc1. The van der Waals surface area contributed by atoms with E-state index < -0.39 is 34.4 Å². The number of halogens is 4. The van der Waals surface area contributed by atoms with Crippen LogP contribution in [-0.4, -0.2) is 44.3 Å². The van der Waals surface area contributed by atoms with Crippen molar-refractivity contribution in [2.75, 3.05) is 17.4 Å². The van der Waals surface area contributed by atoms with Gasteiger partial charge in [-0.1, -0.05) is 101 Å². The summed E-state index contributed by atoms with van der Waals surface area (Å²) >= 11 is 25.0. The van der Waals surface area contributed by atoms with E-state index in [2.05, 4.69) is 5.32 Å². The van der Waals surface area contributed by atoms with Gasteiger partial charge in [0.05, 0.1) is 25.7 Å². The van der Waals surface area contributed by atoms with Crippen molar-refractivity contribution in [3.63, 3.8) is 0 Å². The van der Waals surface area contributed by atoms with E-state index in [1.54, 1.807) is 43.3 Å². The summed E-state index contributed by atoms with van der Waals surface area (Å²) in [6, 6.07) is 25.2. The van der Waals surface area contributed by atoms with Gasteiger partial charge in [-0.25, -0.2) is 8.42 Å². The fraction of sp³-hybridized carbons (Fsp3) is 0.188. The minimum atomic E-state index is -4.30. The molecule has 0 radical (unpaired) electrons. The van der Waals surface area contributed by atoms with Gasteiger partial charge in [0.2, 0.25) is 11.8 Å². The molecule has 0 spiro atoms. The third kappa shape index (κ3) is 8.25. The topological polar surface area (TPSA) is 86.8 Å². The van der Waals surface area contributed by atoms with Crippen LogP contribution in [0, 0.1) is 0 Å². The number of hydrogen-bond donors (Lipinski definition) is 1. The van der Waals surface area contributed by atoms with Crippen LogP contribution in [0.4, 0.5) is 5.69 Å². The molecule has 1 atom stereocenters. The van der Waals surface area contributed by atoms with Crippen LogP contribution in [0.25, 0.3) is 0 Å². The summed E-state index contributed by atoms with van der Waals surface area (Å²) in [7, 11) is -4.30. The van der Waals surface area contributed by atoms with E-state index in [1.165, 1.54) is 35.2 Å². The molecule has 230 valence electrons. The number of nitrogens with one attached hydrogen (secondary N) is 1. The monoisotopic (exact) mass is 691 g/mol. The van der Waals surface area contributed by atoms with Gasteiger partial charge in [0.25, 0.3) is 10.0 Å². The zero-order valence-corrected chi connectivity index (χ0v) is 27.4. The molecule has 12 heteroatoms. The lowest BCUT2D eigenvalue weighted by Gasteiger charge is -2.34. The normalized spacial score (nSPS) is 11.9. The fourth-order valence-electron chi connectivity index (χ4n) is 4.60. The first-order valence-corrected chi connectivity index (χ1v) is 16.5. The van der Waals surface area contributed by atoms with Gasteiger partial charge in [0.15, 0.2) is 0 Å². The molecule has 4 aromatic carbocycles. The molecule has 2 amide bonds. The number of benzene rings is 4. The lowest BCUT2D eigenvalue weighted by atomic mass is 10.0. The molecular formula is C32H29Cl4N3O4S. The van der Waals surface area contributed by atoms with E-state index in [4.69, 9.17) is 46.4 Å². The highest BCUT2D eigenvalue weighted by Crippen LogP contribution is 2.33. The Hall–Kier alpha value is -3.27. The Morgan fingerprint density at radius 2 is 1.43 bits per heavy atom. The summed E-state index contributed by atoms with van der Waals surface area (Å²) in [5.74, 6) is -1.04. The Morgan fingerprint density at radius 1 is 0.773 bits per heavy atom. The Bertz CT molecular complexity index is 1720. The van der Waals surface area contributed by atoms with Crippen molar-refractivity contribution in [1.29, 1.82) is 0 Å². The van der Waals surface area contributed by atoms with Crippen molar-refractivity contribution >= 4 is 73.9 Å². The van der Waals surface area contributed by atoms with Crippen LogP contribution in [-0.2, 0) is 32.6 Å². The van der Waals surface area contributed by atoms with Gasteiger partial charge in [0.1, 0.15) is 12.6 Å². The zero-order valence-electron chi connectivity index (χ0n) is 23.6. The van der Waals surface area contributed by atoms with Crippen LogP contribution >= 0.6 is 46.4 Å². The molecule has 0 aliphatic heterocycles. The maximum Gasteiger partial charge on any atom is 0.264 e. The highest BCUT2D eigenvalue weighted by molar-refractivity contribution is 7.92. The van der Waals surface area contributed by atoms with Crippen LogP contribution in [0.15, 0.2) is 102 Å². The van der Waals surface area contributed by atoms with E-state index in [0.29, 0.717) is 22.2 Å². The Morgan fingerprint density at radius 3 is 2.05 bits per heavy atom. The van der Waals surface area contributed by atoms with Crippen LogP contribution in [0.1, 0.15) is 18.1 Å². The van der Waals surface area contributed by atoms with Gasteiger partial charge in [-0.15, -0.1) is 0 Å². The highest BCUT2D eigenvalue weighted by Gasteiger charge is 2.35. The molecule has 4 rings (SSSR count). The number of carbonyl (C=O) groups is 2. The van der Waals surface area contributed by atoms with Gasteiger partial charge in [-0.2, -0.15) is 0 Å². The molecule has 0 bridgehead atoms. The number of sulfonamides is 1. The first-order valence-electron chi connectivity index (χ1n) is 13.6. The average molecular weight is 693 g/mol. The quantitative estimate of drug-likeness (QED) is 0.169. The molecule has 0 saturated carbocycles. The maximum absolute atomic E-state index is 14.4. The number of nitrogens with zero attached hydrogens (tertiary/aromatic N) is 2. The minimum absolute atomic E-state index is 0.0328. The average Bonchev–Trinajstić information content (AvgIpc) is 3.00. The van der Waals surface area contributed by atoms with Crippen molar-refractivity contribution in [2.24, 2.45) is 0 Å². The molecule has 0 fully saturated rings. The van der Waals surface area contributed by atoms with Gasteiger partial charge in [-0.05, 0) is 60.5 Å². The number of amides is 2. The lowest BCUT2D eigenvalue weighted by Crippen LogP contribution is -2.53. The first kappa shape index (κ1) is 33.6. The van der Waals surface area contributed by atoms with Crippen molar-refractivity contribution in [3.05, 3.63) is 128 Å². The third-order valence-corrected chi connectivity index (χ3v) is 9.80. The van der Waals surface area contributed by atoms with Crippen LogP contribution in [0.2, 0.25) is 20.1 Å². The zero-order chi connectivity index (χ0) is 31.9. The number of likely N-dealkylation sites (N-methyl/N-ethyl adjacent to an activating group) is 1. The van der Waals surface area contributed by atoms with Crippen LogP contribution in [0.3, 0.4) is 0 Å². The van der Waals surface area contributed by atoms with Crippen molar-refractivity contribution in [3.8, 4) is 0 Å². The largest absolute Gasteiger partial charge is 0.355 e. The van der Waals surface area contributed by atoms with Gasteiger partial charge < -0.3 is 10.2 Å². The van der Waals surface area contributed by atoms with E-state index >= 15 is 0 Å². The van der Waals surface area contributed by atoms with Gasteiger partial charge >= 0.3 is 0 Å². The molecule has 0 aromatic heterocycles. The number of carbonyl (C=O) groups excluding carboxylic acids is 2. The molecule has 7 nitrogen and oxygen atoms in total. The van der Waals surface area contributed by atoms with E-state index in [1.807, 2.05) is 30.3 Å². The number of anilines is 1. The molecule has 0 aliphatic rings. The molecule has 4 aromatic rings. The summed E-state index contributed by atoms with van der Waals surface area (Å²) in [5, 5.41) is 3.75. The number of hydrogen-bond acceptors (Lipinski definition) is 4. The van der Waals surface area contributed by atoms with Crippen molar-refractivity contribution in [2.45, 2.75) is 30.8 Å². The van der Waals surface area contributed by atoms with E-state index in [0.717, 1.165) is 9.87 Å². The Kier molecular flexibility index (Phi) is 11.6. The Labute approximate surface area is 277 Å². The smallest absolute Gasteiger partial charge is 0.264 e. The highest BCUT2D eigenvalue weighted by atomic mass is 35.5. The molecule has 44 heavy (non-hydrogen) atoms. The predicted octanol–water partition coefficient (Wildman–Crippen LogP) is 7.27. The standard InChI is InChI=1S/C32H29Cl4N3O4S/c1-2-37-32(41)30(18-22-9-5-3-6-10-22)38(20-23-13-15-26(34)27(35)17-23)31(40)21-39(29-16-14-24(33)19-28(29)36)44(42,43)25-11-7-4-8-12-25/h3-17,19,30H,2,18,20-21H2,1H3,(H,37,41)/t30-/m0/s1. The maximum atomic E-state index is 14.4. The summed E-state index contributed by atoms with van der Waals surface area (Å²) < 4.78 is 29.0. The van der Waals surface area contributed by atoms with E-state index in [-0.39, 0.29) is 33.6 Å². The Balaban J connectivity index is 1.82. The molecule has 0 unspecified atom stereocenters. The summed E-state index contributed by atoms with van der Waals surface area (Å²) in [6.07, 6.45) is 0.173. The van der Waals surface area contributed by atoms with E-state index in [9.17, 15) is 18.0 Å². The summed E-state index contributed by atoms with van der Waals surface area (Å²) in [6.45, 7) is 1.38. The fourth-order valence-corrected chi connectivity index (χ4v) is 6.93. The summed E-state index contributed by atoms with van der Waals surface area (Å²) in [4.78, 5) is 29.3. The molecule has 0 saturated heterocycles. The van der Waals surface area contributed by atoms with Crippen molar-refractivity contribution in [1.82, 2.24) is 10.2 Å². The molecular weight excluding hydrogens is 664 g/mol. The predicted molar refractivity (Wildman–Crippen MR) is 177 cm³/mol. The van der Waals surface area contributed by atoms with Gasteiger partial charge in [-0.3, -0.25) is 13.9 Å². The third-order valence-electron chi connectivity index (χ3n) is 6.75. The van der Waals surface area contributed by atoms with Crippen molar-refractivity contribution < 1.29 is 18.0 Å². The number of rotatable bonds is 12. The molecule has 0 aliphatic carbocycles. The second-order valence-electron chi connectivity index (χ2n) is 9.79. The molecule has 1 N–H and O–H groups in total. The second-order valence-corrected chi connectivity index (χ2v) is 13.3. The first-order chi connectivity index (χ1) is 21.0. The van der Waals surface area contributed by atoms with Crippen LogP contribution in [0.5, 0.6) is 0 Å². The summed E-state index contributed by atoms with van der Waals surface area (Å²) in [5.41, 5.74) is 1.46. The minimum Gasteiger partial charge on any atom is -0.355 e. The molecule has 0 heterocycles. The van der Waals surface area contributed by atoms with Crippen LogP contribution < -0.4 is 9.62 Å². The lowest BCUT2D eigenvalue weighted by molar-refractivity contribution is -0.140.